The van der Waals surface area contributed by atoms with Crippen LogP contribution in [-0.4, -0.2) is 29.8 Å². The molecule has 21 heavy (non-hydrogen) atoms. The monoisotopic (exact) mass is 305 g/mol. The highest BCUT2D eigenvalue weighted by Crippen LogP contribution is 2.34. The first-order valence-corrected chi connectivity index (χ1v) is 7.70. The summed E-state index contributed by atoms with van der Waals surface area (Å²) in [5.74, 6) is -0.736. The van der Waals surface area contributed by atoms with Crippen LogP contribution in [0.4, 0.5) is 5.69 Å². The van der Waals surface area contributed by atoms with E-state index in [1.165, 1.54) is 16.2 Å². The van der Waals surface area contributed by atoms with Crippen molar-refractivity contribution < 1.29 is 9.59 Å². The fourth-order valence-corrected chi connectivity index (χ4v) is 3.25. The summed E-state index contributed by atoms with van der Waals surface area (Å²) in [5, 5.41) is 0.875. The van der Waals surface area contributed by atoms with Gasteiger partial charge in [0.25, 0.3) is 5.91 Å². The van der Waals surface area contributed by atoms with Crippen molar-refractivity contribution >= 4 is 38.9 Å². The predicted octanol–water partition coefficient (Wildman–Crippen LogP) is 2.21. The number of benzene rings is 1. The Bertz CT molecular complexity index is 666. The molecule has 2 aromatic rings. The van der Waals surface area contributed by atoms with Gasteiger partial charge in [0, 0.05) is 16.6 Å². The molecule has 1 aromatic heterocycles. The Labute approximate surface area is 127 Å². The first-order valence-electron chi connectivity index (χ1n) is 6.89. The van der Waals surface area contributed by atoms with Crippen molar-refractivity contribution in [2.45, 2.75) is 19.8 Å². The van der Waals surface area contributed by atoms with Crippen molar-refractivity contribution in [3.8, 4) is 0 Å². The van der Waals surface area contributed by atoms with Crippen molar-refractivity contribution in [3.63, 3.8) is 0 Å². The second-order valence-electron chi connectivity index (χ2n) is 4.89. The minimum absolute atomic E-state index is 0.0769. The molecule has 6 heteroatoms. The third kappa shape index (κ3) is 3.33. The summed E-state index contributed by atoms with van der Waals surface area (Å²) in [6, 6.07) is 7.61. The van der Waals surface area contributed by atoms with Gasteiger partial charge in [-0.25, -0.2) is 0 Å². The van der Waals surface area contributed by atoms with Crippen LogP contribution in [0.15, 0.2) is 24.3 Å². The highest BCUT2D eigenvalue weighted by Gasteiger charge is 2.22. The second kappa shape index (κ2) is 6.58. The molecule has 1 aromatic carbocycles. The molecule has 0 fully saturated rings. The van der Waals surface area contributed by atoms with Gasteiger partial charge >= 0.3 is 0 Å². The molecule has 2 amide bonds. The number of primary amides is 1. The molecule has 0 bridgehead atoms. The van der Waals surface area contributed by atoms with Crippen LogP contribution < -0.4 is 11.5 Å². The van der Waals surface area contributed by atoms with Gasteiger partial charge in [-0.1, -0.05) is 31.5 Å². The number of rotatable bonds is 6. The number of carbonyl (C=O) groups is 2. The van der Waals surface area contributed by atoms with Crippen molar-refractivity contribution in [1.29, 1.82) is 0 Å². The molecule has 112 valence electrons. The third-order valence-corrected chi connectivity index (χ3v) is 4.42. The number of nitrogens with zero attached hydrogens (tertiary/aromatic N) is 1. The van der Waals surface area contributed by atoms with Gasteiger partial charge in [0.1, 0.15) is 4.88 Å². The standard InChI is InChI=1S/C15H19N3O2S/c1-2-3-8-18(9-12(16)19)15(20)14-13(17)10-6-4-5-7-11(10)21-14/h4-7H,2-3,8-9,17H2,1H3,(H2,16,19). The quantitative estimate of drug-likeness (QED) is 0.857. The van der Waals surface area contributed by atoms with E-state index in [0.717, 1.165) is 22.9 Å². The number of unbranched alkanes of at least 4 members (excludes halogenated alkanes) is 1. The smallest absolute Gasteiger partial charge is 0.266 e. The van der Waals surface area contributed by atoms with E-state index in [4.69, 9.17) is 11.5 Å². The highest BCUT2D eigenvalue weighted by atomic mass is 32.1. The lowest BCUT2D eigenvalue weighted by Crippen LogP contribution is -2.39. The number of nitrogen functional groups attached to an aromatic ring is 1. The summed E-state index contributed by atoms with van der Waals surface area (Å²) in [6.45, 7) is 2.46. The molecule has 2 rings (SSSR count). The predicted molar refractivity (Wildman–Crippen MR) is 86.2 cm³/mol. The lowest BCUT2D eigenvalue weighted by Gasteiger charge is -2.20. The second-order valence-corrected chi connectivity index (χ2v) is 5.94. The number of anilines is 1. The Morgan fingerprint density at radius 2 is 2.00 bits per heavy atom. The van der Waals surface area contributed by atoms with Gasteiger partial charge < -0.3 is 16.4 Å². The molecule has 0 aliphatic carbocycles. The van der Waals surface area contributed by atoms with Gasteiger partial charge in [-0.2, -0.15) is 0 Å². The molecule has 4 N–H and O–H groups in total. The molecule has 0 saturated carbocycles. The maximum atomic E-state index is 12.6. The summed E-state index contributed by atoms with van der Waals surface area (Å²) in [5.41, 5.74) is 11.8. The van der Waals surface area contributed by atoms with Crippen molar-refractivity contribution in [1.82, 2.24) is 4.90 Å². The summed E-state index contributed by atoms with van der Waals surface area (Å²) in [4.78, 5) is 25.8. The lowest BCUT2D eigenvalue weighted by molar-refractivity contribution is -0.118. The summed E-state index contributed by atoms with van der Waals surface area (Å²) >= 11 is 1.35. The topological polar surface area (TPSA) is 89.4 Å². The van der Waals surface area contributed by atoms with Crippen LogP contribution in [0.25, 0.3) is 10.1 Å². The molecular formula is C15H19N3O2S. The highest BCUT2D eigenvalue weighted by molar-refractivity contribution is 7.21. The zero-order valence-corrected chi connectivity index (χ0v) is 12.8. The molecular weight excluding hydrogens is 286 g/mol. The molecule has 0 aliphatic rings. The normalized spacial score (nSPS) is 10.7. The van der Waals surface area contributed by atoms with E-state index in [1.54, 1.807) is 0 Å². The molecule has 0 spiro atoms. The first kappa shape index (κ1) is 15.3. The molecule has 1 heterocycles. The zero-order valence-electron chi connectivity index (χ0n) is 12.0. The Hall–Kier alpha value is -2.08. The molecule has 0 saturated heterocycles. The zero-order chi connectivity index (χ0) is 15.4. The summed E-state index contributed by atoms with van der Waals surface area (Å²) < 4.78 is 0.966. The number of hydrogen-bond acceptors (Lipinski definition) is 4. The number of amides is 2. The molecule has 0 unspecified atom stereocenters. The van der Waals surface area contributed by atoms with Gasteiger partial charge in [0.2, 0.25) is 5.91 Å². The number of thiophene rings is 1. The van der Waals surface area contributed by atoms with Crippen LogP contribution in [0.5, 0.6) is 0 Å². The Morgan fingerprint density at radius 3 is 2.62 bits per heavy atom. The van der Waals surface area contributed by atoms with Crippen LogP contribution >= 0.6 is 11.3 Å². The molecule has 0 aliphatic heterocycles. The molecule has 0 radical (unpaired) electrons. The fourth-order valence-electron chi connectivity index (χ4n) is 2.16. The number of carbonyl (C=O) groups excluding carboxylic acids is 2. The SMILES string of the molecule is CCCCN(CC(N)=O)C(=O)c1sc2ccccc2c1N. The van der Waals surface area contributed by atoms with E-state index in [-0.39, 0.29) is 12.5 Å². The van der Waals surface area contributed by atoms with Crippen molar-refractivity contribution in [2.75, 3.05) is 18.8 Å². The van der Waals surface area contributed by atoms with E-state index in [1.807, 2.05) is 31.2 Å². The fraction of sp³-hybridized carbons (Fsp3) is 0.333. The Kier molecular flexibility index (Phi) is 4.80. The van der Waals surface area contributed by atoms with Crippen LogP contribution in [0.3, 0.4) is 0 Å². The number of nitrogens with two attached hydrogens (primary N) is 2. The minimum Gasteiger partial charge on any atom is -0.397 e. The first-order chi connectivity index (χ1) is 10.0. The molecule has 0 atom stereocenters. The van der Waals surface area contributed by atoms with E-state index >= 15 is 0 Å². The third-order valence-electron chi connectivity index (χ3n) is 3.24. The van der Waals surface area contributed by atoms with E-state index in [0.29, 0.717) is 17.1 Å². The van der Waals surface area contributed by atoms with E-state index < -0.39 is 5.91 Å². The van der Waals surface area contributed by atoms with Crippen LogP contribution in [0.1, 0.15) is 29.4 Å². The lowest BCUT2D eigenvalue weighted by atomic mass is 10.2. The average Bonchev–Trinajstić information content (AvgIpc) is 2.80. The van der Waals surface area contributed by atoms with Gasteiger partial charge in [0.15, 0.2) is 0 Å². The Balaban J connectivity index is 2.33. The van der Waals surface area contributed by atoms with Gasteiger partial charge in [-0.3, -0.25) is 9.59 Å². The Morgan fingerprint density at radius 1 is 1.29 bits per heavy atom. The maximum Gasteiger partial charge on any atom is 0.266 e. The number of hydrogen-bond donors (Lipinski definition) is 2. The average molecular weight is 305 g/mol. The van der Waals surface area contributed by atoms with Crippen molar-refractivity contribution in [2.24, 2.45) is 5.73 Å². The van der Waals surface area contributed by atoms with Crippen LogP contribution in [0.2, 0.25) is 0 Å². The maximum absolute atomic E-state index is 12.6. The minimum atomic E-state index is -0.515. The molecule has 5 nitrogen and oxygen atoms in total. The summed E-state index contributed by atoms with van der Waals surface area (Å²) in [6.07, 6.45) is 1.76. The largest absolute Gasteiger partial charge is 0.397 e. The van der Waals surface area contributed by atoms with Gasteiger partial charge in [-0.05, 0) is 12.5 Å². The number of fused-ring (bicyclic) bond motifs is 1. The van der Waals surface area contributed by atoms with Gasteiger partial charge in [-0.15, -0.1) is 11.3 Å². The van der Waals surface area contributed by atoms with Crippen LogP contribution in [0, 0.1) is 0 Å². The van der Waals surface area contributed by atoms with Crippen molar-refractivity contribution in [3.05, 3.63) is 29.1 Å². The van der Waals surface area contributed by atoms with E-state index in [9.17, 15) is 9.59 Å². The van der Waals surface area contributed by atoms with Crippen LogP contribution in [-0.2, 0) is 4.79 Å². The summed E-state index contributed by atoms with van der Waals surface area (Å²) in [7, 11) is 0. The van der Waals surface area contributed by atoms with E-state index in [2.05, 4.69) is 0 Å². The van der Waals surface area contributed by atoms with Gasteiger partial charge in [0.05, 0.1) is 12.2 Å².